The molecule has 0 unspecified atom stereocenters. The number of hydrogen-bond acceptors (Lipinski definition) is 4. The number of hydrogen-bond donors (Lipinski definition) is 0. The summed E-state index contributed by atoms with van der Waals surface area (Å²) in [5, 5.41) is 0. The van der Waals surface area contributed by atoms with Crippen LogP contribution in [-0.4, -0.2) is 24.4 Å². The number of imide groups is 1. The maximum atomic E-state index is 12.9. The minimum absolute atomic E-state index is 0.247. The molecule has 0 saturated carbocycles. The predicted molar refractivity (Wildman–Crippen MR) is 149 cm³/mol. The molecule has 0 bridgehead atoms. The van der Waals surface area contributed by atoms with Gasteiger partial charge in [0.1, 0.15) is 0 Å². The van der Waals surface area contributed by atoms with Crippen LogP contribution in [0.4, 0.5) is 5.69 Å². The summed E-state index contributed by atoms with van der Waals surface area (Å²) in [6.45, 7) is 4.58. The largest absolute Gasteiger partial charge is 0.462 e. The van der Waals surface area contributed by atoms with Crippen LogP contribution in [0.25, 0.3) is 0 Å². The predicted octanol–water partition coefficient (Wildman–Crippen LogP) is 8.43. The smallest absolute Gasteiger partial charge is 0.338 e. The van der Waals surface area contributed by atoms with Gasteiger partial charge in [0, 0.05) is 0 Å². The first-order valence-corrected chi connectivity index (χ1v) is 14.3. The highest BCUT2D eigenvalue weighted by Crippen LogP contribution is 2.29. The summed E-state index contributed by atoms with van der Waals surface area (Å²) in [5.41, 5.74) is 2.43. The van der Waals surface area contributed by atoms with Crippen molar-refractivity contribution in [2.24, 2.45) is 0 Å². The van der Waals surface area contributed by atoms with E-state index in [1.54, 1.807) is 24.3 Å². The van der Waals surface area contributed by atoms with Crippen molar-refractivity contribution < 1.29 is 19.1 Å². The molecule has 3 rings (SSSR count). The third kappa shape index (κ3) is 8.55. The van der Waals surface area contributed by atoms with Crippen molar-refractivity contribution in [2.45, 2.75) is 104 Å². The molecule has 200 valence electrons. The second kappa shape index (κ2) is 15.3. The number of amides is 2. The Morgan fingerprint density at radius 1 is 0.676 bits per heavy atom. The number of anilines is 1. The van der Waals surface area contributed by atoms with Crippen LogP contribution >= 0.6 is 0 Å². The van der Waals surface area contributed by atoms with Crippen molar-refractivity contribution in [3.8, 4) is 0 Å². The summed E-state index contributed by atoms with van der Waals surface area (Å²) in [6, 6.07) is 11.8. The molecular weight excluding hydrogens is 462 g/mol. The molecule has 0 spiro atoms. The molecule has 0 atom stereocenters. The maximum Gasteiger partial charge on any atom is 0.338 e. The zero-order chi connectivity index (χ0) is 26.5. The number of carbonyl (C=O) groups is 3. The second-order valence-electron chi connectivity index (χ2n) is 10.3. The number of aryl methyl sites for hydroxylation is 1. The van der Waals surface area contributed by atoms with Gasteiger partial charge in [-0.1, -0.05) is 108 Å². The molecule has 2 aromatic carbocycles. The Labute approximate surface area is 222 Å². The molecule has 0 aliphatic carbocycles. The zero-order valence-corrected chi connectivity index (χ0v) is 22.7. The van der Waals surface area contributed by atoms with Crippen LogP contribution in [0.3, 0.4) is 0 Å². The molecule has 0 saturated heterocycles. The molecule has 2 aromatic rings. The lowest BCUT2D eigenvalue weighted by Gasteiger charge is -2.13. The molecule has 1 heterocycles. The van der Waals surface area contributed by atoms with E-state index >= 15 is 0 Å². The van der Waals surface area contributed by atoms with E-state index < -0.39 is 11.9 Å². The number of fused-ring (bicyclic) bond motifs is 1. The van der Waals surface area contributed by atoms with Crippen molar-refractivity contribution in [3.63, 3.8) is 0 Å². The van der Waals surface area contributed by atoms with Crippen LogP contribution in [0, 0.1) is 6.92 Å². The van der Waals surface area contributed by atoms with Gasteiger partial charge in [0.2, 0.25) is 0 Å². The fourth-order valence-corrected chi connectivity index (χ4v) is 4.84. The van der Waals surface area contributed by atoms with Gasteiger partial charge < -0.3 is 4.74 Å². The number of ether oxygens (including phenoxy) is 1. The topological polar surface area (TPSA) is 63.7 Å². The van der Waals surface area contributed by atoms with Crippen LogP contribution in [0.2, 0.25) is 0 Å². The van der Waals surface area contributed by atoms with Gasteiger partial charge in [0.15, 0.2) is 0 Å². The second-order valence-corrected chi connectivity index (χ2v) is 10.3. The number of nitrogens with zero attached hydrogens (tertiary/aromatic N) is 1. The summed E-state index contributed by atoms with van der Waals surface area (Å²) >= 11 is 0. The Morgan fingerprint density at radius 3 is 1.76 bits per heavy atom. The van der Waals surface area contributed by atoms with E-state index in [0.29, 0.717) is 23.4 Å². The van der Waals surface area contributed by atoms with Gasteiger partial charge in [-0.2, -0.15) is 0 Å². The van der Waals surface area contributed by atoms with E-state index in [1.807, 2.05) is 19.1 Å². The van der Waals surface area contributed by atoms with Crippen molar-refractivity contribution in [1.82, 2.24) is 0 Å². The van der Waals surface area contributed by atoms with Gasteiger partial charge in [-0.05, 0) is 43.7 Å². The average Bonchev–Trinajstić information content (AvgIpc) is 3.15. The van der Waals surface area contributed by atoms with Gasteiger partial charge in [0.05, 0.1) is 29.0 Å². The number of benzene rings is 2. The summed E-state index contributed by atoms with van der Waals surface area (Å²) in [6.07, 6.45) is 17.9. The third-order valence-electron chi connectivity index (χ3n) is 7.15. The summed E-state index contributed by atoms with van der Waals surface area (Å²) in [4.78, 5) is 39.4. The molecule has 37 heavy (non-hydrogen) atoms. The van der Waals surface area contributed by atoms with Gasteiger partial charge >= 0.3 is 5.97 Å². The van der Waals surface area contributed by atoms with Gasteiger partial charge in [-0.25, -0.2) is 9.69 Å². The van der Waals surface area contributed by atoms with Crippen LogP contribution in [0.15, 0.2) is 42.5 Å². The Kier molecular flexibility index (Phi) is 11.9. The molecular formula is C32H43NO4. The molecule has 1 aliphatic heterocycles. The van der Waals surface area contributed by atoms with E-state index in [2.05, 4.69) is 6.92 Å². The summed E-state index contributed by atoms with van der Waals surface area (Å²) < 4.78 is 5.43. The first-order chi connectivity index (χ1) is 18.0. The Hall–Kier alpha value is -2.95. The van der Waals surface area contributed by atoms with Gasteiger partial charge in [-0.3, -0.25) is 9.59 Å². The zero-order valence-electron chi connectivity index (χ0n) is 22.7. The molecule has 0 radical (unpaired) electrons. The summed E-state index contributed by atoms with van der Waals surface area (Å²) in [5.74, 6) is -1.23. The van der Waals surface area contributed by atoms with Crippen LogP contribution in [-0.2, 0) is 4.74 Å². The van der Waals surface area contributed by atoms with E-state index in [9.17, 15) is 14.4 Å². The third-order valence-corrected chi connectivity index (χ3v) is 7.15. The van der Waals surface area contributed by atoms with E-state index in [-0.39, 0.29) is 11.5 Å². The number of carbonyl (C=O) groups excluding carboxylic acids is 3. The first kappa shape index (κ1) is 28.6. The molecule has 0 aromatic heterocycles. The molecule has 0 fully saturated rings. The van der Waals surface area contributed by atoms with Gasteiger partial charge in [0.25, 0.3) is 11.8 Å². The standard InChI is InChI=1S/C32H43NO4/c1-3-4-5-6-7-8-9-10-11-12-13-14-15-16-23-37-32(36)26-19-22-28-29(24-26)31(35)33(30(28)34)27-20-17-25(2)18-21-27/h17-22,24H,3-16,23H2,1-2H3. The van der Waals surface area contributed by atoms with Crippen LogP contribution in [0.5, 0.6) is 0 Å². The molecule has 5 heteroatoms. The fraction of sp³-hybridized carbons (Fsp3) is 0.531. The number of rotatable bonds is 17. The lowest BCUT2D eigenvalue weighted by atomic mass is 10.0. The van der Waals surface area contributed by atoms with Crippen LogP contribution < -0.4 is 4.90 Å². The van der Waals surface area contributed by atoms with Crippen LogP contribution in [0.1, 0.15) is 133 Å². The normalized spacial score (nSPS) is 12.8. The minimum atomic E-state index is -0.452. The Morgan fingerprint density at radius 2 is 1.19 bits per heavy atom. The van der Waals surface area contributed by atoms with Crippen molar-refractivity contribution >= 4 is 23.5 Å². The molecule has 0 N–H and O–H groups in total. The molecule has 1 aliphatic rings. The average molecular weight is 506 g/mol. The Balaban J connectivity index is 1.30. The highest BCUT2D eigenvalue weighted by molar-refractivity contribution is 6.34. The van der Waals surface area contributed by atoms with Crippen molar-refractivity contribution in [1.29, 1.82) is 0 Å². The minimum Gasteiger partial charge on any atom is -0.462 e. The highest BCUT2D eigenvalue weighted by atomic mass is 16.5. The fourth-order valence-electron chi connectivity index (χ4n) is 4.84. The first-order valence-electron chi connectivity index (χ1n) is 14.3. The molecule has 2 amide bonds. The Bertz CT molecular complexity index is 1030. The maximum absolute atomic E-state index is 12.9. The van der Waals surface area contributed by atoms with E-state index in [0.717, 1.165) is 23.3 Å². The quantitative estimate of drug-likeness (QED) is 0.123. The lowest BCUT2D eigenvalue weighted by molar-refractivity contribution is 0.0497. The van der Waals surface area contributed by atoms with Gasteiger partial charge in [-0.15, -0.1) is 0 Å². The number of esters is 1. The van der Waals surface area contributed by atoms with E-state index in [4.69, 9.17) is 4.74 Å². The summed E-state index contributed by atoms with van der Waals surface area (Å²) in [7, 11) is 0. The monoisotopic (exact) mass is 505 g/mol. The number of unbranched alkanes of at least 4 members (excludes halogenated alkanes) is 13. The molecule has 5 nitrogen and oxygen atoms in total. The van der Waals surface area contributed by atoms with Crippen molar-refractivity contribution in [3.05, 3.63) is 64.7 Å². The van der Waals surface area contributed by atoms with E-state index in [1.165, 1.54) is 83.1 Å². The lowest BCUT2D eigenvalue weighted by Crippen LogP contribution is -2.29. The van der Waals surface area contributed by atoms with Crippen molar-refractivity contribution in [2.75, 3.05) is 11.5 Å². The SMILES string of the molecule is CCCCCCCCCCCCCCCCOC(=O)c1ccc2c(c1)C(=O)N(c1ccc(C)cc1)C2=O. The highest BCUT2D eigenvalue weighted by Gasteiger charge is 2.37.